The van der Waals surface area contributed by atoms with Gasteiger partial charge in [0.2, 0.25) is 0 Å². The van der Waals surface area contributed by atoms with E-state index in [9.17, 15) is 13.2 Å². The third-order valence-corrected chi connectivity index (χ3v) is 3.70. The Bertz CT molecular complexity index is 632. The van der Waals surface area contributed by atoms with E-state index in [0.717, 1.165) is 22.8 Å². The van der Waals surface area contributed by atoms with Gasteiger partial charge in [0.05, 0.1) is 11.6 Å². The van der Waals surface area contributed by atoms with Crippen LogP contribution < -0.4 is 5.32 Å². The van der Waals surface area contributed by atoms with Crippen molar-refractivity contribution < 1.29 is 13.2 Å². The van der Waals surface area contributed by atoms with E-state index in [1.165, 1.54) is 6.07 Å². The fraction of sp³-hybridized carbons (Fsp3) is 0.294. The summed E-state index contributed by atoms with van der Waals surface area (Å²) < 4.78 is 38.3. The molecule has 0 saturated carbocycles. The maximum atomic E-state index is 12.8. The predicted octanol–water partition coefficient (Wildman–Crippen LogP) is 4.63. The zero-order valence-corrected chi connectivity index (χ0v) is 12.3. The maximum Gasteiger partial charge on any atom is 0.416 e. The molecule has 4 heteroatoms. The van der Waals surface area contributed by atoms with E-state index in [0.29, 0.717) is 5.56 Å². The van der Waals surface area contributed by atoms with Gasteiger partial charge in [0, 0.05) is 0 Å². The second kappa shape index (κ2) is 5.90. The normalized spacial score (nSPS) is 13.2. The second-order valence-corrected chi connectivity index (χ2v) is 5.15. The minimum absolute atomic E-state index is 0.117. The highest BCUT2D eigenvalue weighted by Crippen LogP contribution is 2.33. The van der Waals surface area contributed by atoms with E-state index in [2.05, 4.69) is 5.32 Å². The van der Waals surface area contributed by atoms with Crippen LogP contribution in [-0.4, -0.2) is 7.05 Å². The number of rotatable bonds is 3. The van der Waals surface area contributed by atoms with Gasteiger partial charge in [-0.1, -0.05) is 30.3 Å². The van der Waals surface area contributed by atoms with Crippen molar-refractivity contribution in [2.75, 3.05) is 7.05 Å². The van der Waals surface area contributed by atoms with Gasteiger partial charge in [-0.25, -0.2) is 0 Å². The van der Waals surface area contributed by atoms with Gasteiger partial charge in [0.25, 0.3) is 0 Å². The topological polar surface area (TPSA) is 12.0 Å². The molecular weight excluding hydrogens is 275 g/mol. The lowest BCUT2D eigenvalue weighted by Gasteiger charge is -2.22. The summed E-state index contributed by atoms with van der Waals surface area (Å²) in [5, 5.41) is 3.19. The SMILES string of the molecule is CNC(c1ccccc1C)c1ccc(C(F)(F)F)cc1C. The minimum Gasteiger partial charge on any atom is -0.309 e. The summed E-state index contributed by atoms with van der Waals surface area (Å²) in [6.07, 6.45) is -4.30. The fourth-order valence-electron chi connectivity index (χ4n) is 2.57. The van der Waals surface area contributed by atoms with Gasteiger partial charge in [-0.2, -0.15) is 13.2 Å². The highest BCUT2D eigenvalue weighted by Gasteiger charge is 2.31. The quantitative estimate of drug-likeness (QED) is 0.870. The molecule has 0 fully saturated rings. The molecule has 1 N–H and O–H groups in total. The Morgan fingerprint density at radius 2 is 1.52 bits per heavy atom. The lowest BCUT2D eigenvalue weighted by molar-refractivity contribution is -0.137. The van der Waals surface area contributed by atoms with Gasteiger partial charge in [0.15, 0.2) is 0 Å². The summed E-state index contributed by atoms with van der Waals surface area (Å²) in [5.41, 5.74) is 3.06. The summed E-state index contributed by atoms with van der Waals surface area (Å²) in [6, 6.07) is 11.7. The molecule has 112 valence electrons. The monoisotopic (exact) mass is 293 g/mol. The van der Waals surface area contributed by atoms with Crippen LogP contribution in [0.1, 0.15) is 33.9 Å². The van der Waals surface area contributed by atoms with E-state index in [1.54, 1.807) is 13.0 Å². The summed E-state index contributed by atoms with van der Waals surface area (Å²) in [6.45, 7) is 3.71. The molecule has 0 aliphatic rings. The van der Waals surface area contributed by atoms with Gasteiger partial charge >= 0.3 is 6.18 Å². The molecule has 0 aliphatic carbocycles. The Kier molecular flexibility index (Phi) is 4.37. The molecule has 0 bridgehead atoms. The summed E-state index contributed by atoms with van der Waals surface area (Å²) in [5.74, 6) is 0. The Morgan fingerprint density at radius 1 is 0.905 bits per heavy atom. The Hall–Kier alpha value is -1.81. The van der Waals surface area contributed by atoms with E-state index < -0.39 is 11.7 Å². The smallest absolute Gasteiger partial charge is 0.309 e. The lowest BCUT2D eigenvalue weighted by atomic mass is 9.91. The predicted molar refractivity (Wildman–Crippen MR) is 78.3 cm³/mol. The van der Waals surface area contributed by atoms with Crippen molar-refractivity contribution >= 4 is 0 Å². The molecule has 1 atom stereocenters. The number of alkyl halides is 3. The molecule has 2 rings (SSSR count). The van der Waals surface area contributed by atoms with Crippen molar-refractivity contribution in [3.05, 3.63) is 70.3 Å². The van der Waals surface area contributed by atoms with Gasteiger partial charge in [-0.3, -0.25) is 0 Å². The molecular formula is C17H18F3N. The maximum absolute atomic E-state index is 12.8. The molecule has 0 radical (unpaired) electrons. The number of aryl methyl sites for hydroxylation is 2. The van der Waals surface area contributed by atoms with Gasteiger partial charge in [-0.15, -0.1) is 0 Å². The van der Waals surface area contributed by atoms with Gasteiger partial charge < -0.3 is 5.32 Å². The van der Waals surface area contributed by atoms with Gasteiger partial charge in [-0.05, 0) is 55.3 Å². The lowest BCUT2D eigenvalue weighted by Crippen LogP contribution is -2.20. The van der Waals surface area contributed by atoms with Crippen molar-refractivity contribution in [1.29, 1.82) is 0 Å². The highest BCUT2D eigenvalue weighted by molar-refractivity contribution is 5.42. The fourth-order valence-corrected chi connectivity index (χ4v) is 2.57. The molecule has 21 heavy (non-hydrogen) atoms. The largest absolute Gasteiger partial charge is 0.416 e. The summed E-state index contributed by atoms with van der Waals surface area (Å²) in [7, 11) is 1.81. The molecule has 0 aromatic heterocycles. The van der Waals surface area contributed by atoms with Crippen molar-refractivity contribution in [2.45, 2.75) is 26.1 Å². The van der Waals surface area contributed by atoms with Crippen molar-refractivity contribution in [1.82, 2.24) is 5.32 Å². The molecule has 1 unspecified atom stereocenters. The molecule has 0 amide bonds. The summed E-state index contributed by atoms with van der Waals surface area (Å²) in [4.78, 5) is 0. The first-order chi connectivity index (χ1) is 9.84. The van der Waals surface area contributed by atoms with Crippen LogP contribution in [0.15, 0.2) is 42.5 Å². The molecule has 2 aromatic carbocycles. The molecule has 0 saturated heterocycles. The average Bonchev–Trinajstić information content (AvgIpc) is 2.42. The number of hydrogen-bond donors (Lipinski definition) is 1. The van der Waals surface area contributed by atoms with Crippen LogP contribution in [0.4, 0.5) is 13.2 Å². The molecule has 0 aliphatic heterocycles. The molecule has 0 heterocycles. The second-order valence-electron chi connectivity index (χ2n) is 5.15. The van der Waals surface area contributed by atoms with E-state index >= 15 is 0 Å². The van der Waals surface area contributed by atoms with Crippen LogP contribution >= 0.6 is 0 Å². The van der Waals surface area contributed by atoms with Crippen molar-refractivity contribution in [3.8, 4) is 0 Å². The van der Waals surface area contributed by atoms with Crippen LogP contribution in [0.3, 0.4) is 0 Å². The first kappa shape index (κ1) is 15.6. The van der Waals surface area contributed by atoms with Crippen LogP contribution in [0.25, 0.3) is 0 Å². The molecule has 1 nitrogen and oxygen atoms in total. The van der Waals surface area contributed by atoms with Crippen LogP contribution in [0.5, 0.6) is 0 Å². The van der Waals surface area contributed by atoms with E-state index in [4.69, 9.17) is 0 Å². The highest BCUT2D eigenvalue weighted by atomic mass is 19.4. The Morgan fingerprint density at radius 3 is 2.05 bits per heavy atom. The standard InChI is InChI=1S/C17H18F3N/c1-11-6-4-5-7-14(11)16(21-3)15-9-8-13(10-12(15)2)17(18,19)20/h4-10,16,21H,1-3H3. The average molecular weight is 293 g/mol. The van der Waals surface area contributed by atoms with E-state index in [-0.39, 0.29) is 6.04 Å². The first-order valence-corrected chi connectivity index (χ1v) is 6.75. The van der Waals surface area contributed by atoms with Crippen molar-refractivity contribution in [3.63, 3.8) is 0 Å². The minimum atomic E-state index is -4.30. The van der Waals surface area contributed by atoms with E-state index in [1.807, 2.05) is 38.2 Å². The molecule has 0 spiro atoms. The zero-order chi connectivity index (χ0) is 15.6. The third kappa shape index (κ3) is 3.27. The van der Waals surface area contributed by atoms with Gasteiger partial charge in [0.1, 0.15) is 0 Å². The number of nitrogens with one attached hydrogen (secondary N) is 1. The Labute approximate surface area is 122 Å². The Balaban J connectivity index is 2.47. The summed E-state index contributed by atoms with van der Waals surface area (Å²) >= 11 is 0. The van der Waals surface area contributed by atoms with Crippen LogP contribution in [-0.2, 0) is 6.18 Å². The number of hydrogen-bond acceptors (Lipinski definition) is 1. The van der Waals surface area contributed by atoms with Crippen molar-refractivity contribution in [2.24, 2.45) is 0 Å². The van der Waals surface area contributed by atoms with Crippen LogP contribution in [0.2, 0.25) is 0 Å². The number of halogens is 3. The zero-order valence-electron chi connectivity index (χ0n) is 12.3. The third-order valence-electron chi connectivity index (χ3n) is 3.70. The van der Waals surface area contributed by atoms with Crippen LogP contribution in [0, 0.1) is 13.8 Å². The number of benzene rings is 2. The molecule has 2 aromatic rings. The first-order valence-electron chi connectivity index (χ1n) is 6.75.